The molecule has 1 atom stereocenters. The van der Waals surface area contributed by atoms with E-state index in [4.69, 9.17) is 4.74 Å². The first-order chi connectivity index (χ1) is 7.67. The lowest BCUT2D eigenvalue weighted by molar-refractivity contribution is -0.128. The van der Waals surface area contributed by atoms with Crippen molar-refractivity contribution in [3.05, 3.63) is 42.5 Å². The van der Waals surface area contributed by atoms with Gasteiger partial charge in [0.15, 0.2) is 0 Å². The molecule has 0 spiro atoms. The van der Waals surface area contributed by atoms with Crippen molar-refractivity contribution < 1.29 is 9.53 Å². The second-order valence-corrected chi connectivity index (χ2v) is 3.88. The Morgan fingerprint density at radius 1 is 1.44 bits per heavy atom. The average molecular weight is 218 g/mol. The summed E-state index contributed by atoms with van der Waals surface area (Å²) in [6, 6.07) is 7.66. The molecule has 0 radical (unpaired) electrons. The van der Waals surface area contributed by atoms with E-state index in [1.807, 2.05) is 24.3 Å². The molecule has 0 N–H and O–H groups in total. The minimum Gasteiger partial charge on any atom is -0.423 e. The first-order valence-electron chi connectivity index (χ1n) is 5.61. The number of esters is 1. The van der Waals surface area contributed by atoms with Crippen LogP contribution in [0.1, 0.15) is 38.2 Å². The first kappa shape index (κ1) is 12.5. The monoisotopic (exact) mass is 218 g/mol. The maximum absolute atomic E-state index is 11.0. The molecule has 86 valence electrons. The van der Waals surface area contributed by atoms with Crippen LogP contribution in [0.3, 0.4) is 0 Å². The van der Waals surface area contributed by atoms with Gasteiger partial charge >= 0.3 is 5.97 Å². The van der Waals surface area contributed by atoms with E-state index in [-0.39, 0.29) is 0 Å². The zero-order valence-electron chi connectivity index (χ0n) is 9.90. The lowest BCUT2D eigenvalue weighted by atomic mass is 9.97. The van der Waals surface area contributed by atoms with Crippen LogP contribution in [0, 0.1) is 0 Å². The third-order valence-corrected chi connectivity index (χ3v) is 2.56. The van der Waals surface area contributed by atoms with Crippen LogP contribution in [0.2, 0.25) is 0 Å². The second-order valence-electron chi connectivity index (χ2n) is 3.88. The molecule has 0 bridgehead atoms. The summed E-state index contributed by atoms with van der Waals surface area (Å²) in [6.45, 7) is 7.73. The van der Waals surface area contributed by atoms with Crippen LogP contribution in [-0.4, -0.2) is 5.97 Å². The maximum Gasteiger partial charge on any atom is 0.335 e. The van der Waals surface area contributed by atoms with Crippen molar-refractivity contribution >= 4 is 5.97 Å². The molecule has 0 aliphatic rings. The van der Waals surface area contributed by atoms with Crippen molar-refractivity contribution in [1.82, 2.24) is 0 Å². The molecule has 16 heavy (non-hydrogen) atoms. The van der Waals surface area contributed by atoms with Crippen LogP contribution >= 0.6 is 0 Å². The fraction of sp³-hybridized carbons (Fsp3) is 0.357. The molecule has 0 saturated heterocycles. The highest BCUT2D eigenvalue weighted by Crippen LogP contribution is 2.22. The van der Waals surface area contributed by atoms with Crippen LogP contribution < -0.4 is 4.74 Å². The van der Waals surface area contributed by atoms with Gasteiger partial charge in [-0.25, -0.2) is 4.79 Å². The molecular formula is C14H18O2. The van der Waals surface area contributed by atoms with Gasteiger partial charge in [-0.05, 0) is 30.0 Å². The first-order valence-corrected chi connectivity index (χ1v) is 5.61. The normalized spacial score (nSPS) is 11.9. The zero-order chi connectivity index (χ0) is 12.0. The summed E-state index contributed by atoms with van der Waals surface area (Å²) in [6.07, 6.45) is 3.51. The minimum atomic E-state index is -0.422. The van der Waals surface area contributed by atoms with Gasteiger partial charge < -0.3 is 4.74 Å². The predicted molar refractivity (Wildman–Crippen MR) is 65.6 cm³/mol. The highest BCUT2D eigenvalue weighted by Gasteiger charge is 2.05. The smallest absolute Gasteiger partial charge is 0.335 e. The van der Waals surface area contributed by atoms with E-state index >= 15 is 0 Å². The topological polar surface area (TPSA) is 26.3 Å². The van der Waals surface area contributed by atoms with Crippen LogP contribution in [-0.2, 0) is 4.79 Å². The molecule has 0 aliphatic heterocycles. The Kier molecular flexibility index (Phi) is 4.77. The van der Waals surface area contributed by atoms with Gasteiger partial charge in [-0.1, -0.05) is 39.0 Å². The lowest BCUT2D eigenvalue weighted by Gasteiger charge is -2.10. The van der Waals surface area contributed by atoms with Gasteiger partial charge in [0.2, 0.25) is 0 Å². The molecule has 0 heterocycles. The van der Waals surface area contributed by atoms with Gasteiger partial charge in [0.1, 0.15) is 5.75 Å². The van der Waals surface area contributed by atoms with Gasteiger partial charge in [-0.15, -0.1) is 0 Å². The number of benzene rings is 1. The molecule has 1 aromatic rings. The van der Waals surface area contributed by atoms with Crippen molar-refractivity contribution in [3.63, 3.8) is 0 Å². The van der Waals surface area contributed by atoms with E-state index in [9.17, 15) is 4.79 Å². The SMILES string of the molecule is C=CC(=O)Oc1ccc(C(C)CCC)cc1. The van der Waals surface area contributed by atoms with E-state index in [0.717, 1.165) is 6.08 Å². The quantitative estimate of drug-likeness (QED) is 0.428. The lowest BCUT2D eigenvalue weighted by Crippen LogP contribution is -2.03. The summed E-state index contributed by atoms with van der Waals surface area (Å²) >= 11 is 0. The van der Waals surface area contributed by atoms with Gasteiger partial charge in [0.25, 0.3) is 0 Å². The van der Waals surface area contributed by atoms with Crippen LogP contribution in [0.25, 0.3) is 0 Å². The number of carbonyl (C=O) groups excluding carboxylic acids is 1. The molecule has 0 saturated carbocycles. The predicted octanol–water partition coefficient (Wildman–Crippen LogP) is 3.68. The highest BCUT2D eigenvalue weighted by molar-refractivity contribution is 5.83. The molecule has 2 nitrogen and oxygen atoms in total. The Morgan fingerprint density at radius 3 is 2.56 bits per heavy atom. The molecule has 2 heteroatoms. The summed E-state index contributed by atoms with van der Waals surface area (Å²) in [7, 11) is 0. The van der Waals surface area contributed by atoms with E-state index in [0.29, 0.717) is 11.7 Å². The summed E-state index contributed by atoms with van der Waals surface area (Å²) in [4.78, 5) is 11.0. The Morgan fingerprint density at radius 2 is 2.06 bits per heavy atom. The van der Waals surface area contributed by atoms with Crippen molar-refractivity contribution in [2.24, 2.45) is 0 Å². The van der Waals surface area contributed by atoms with E-state index < -0.39 is 5.97 Å². The van der Waals surface area contributed by atoms with Gasteiger partial charge in [0.05, 0.1) is 0 Å². The van der Waals surface area contributed by atoms with Crippen molar-refractivity contribution in [1.29, 1.82) is 0 Å². The average Bonchev–Trinajstić information content (AvgIpc) is 2.30. The summed E-state index contributed by atoms with van der Waals surface area (Å²) in [5.74, 6) is 0.695. The number of carbonyl (C=O) groups is 1. The molecule has 0 aliphatic carbocycles. The molecule has 0 amide bonds. The van der Waals surface area contributed by atoms with Crippen LogP contribution in [0.5, 0.6) is 5.75 Å². The molecule has 0 fully saturated rings. The molecule has 0 aromatic heterocycles. The number of ether oxygens (including phenoxy) is 1. The second kappa shape index (κ2) is 6.11. The van der Waals surface area contributed by atoms with Crippen LogP contribution in [0.15, 0.2) is 36.9 Å². The van der Waals surface area contributed by atoms with Crippen molar-refractivity contribution in [2.75, 3.05) is 0 Å². The highest BCUT2D eigenvalue weighted by atomic mass is 16.5. The fourth-order valence-electron chi connectivity index (χ4n) is 1.62. The van der Waals surface area contributed by atoms with Crippen LogP contribution in [0.4, 0.5) is 0 Å². The third-order valence-electron chi connectivity index (χ3n) is 2.56. The molecule has 1 unspecified atom stereocenters. The Labute approximate surface area is 96.9 Å². The molecule has 1 rings (SSSR count). The van der Waals surface area contributed by atoms with Gasteiger partial charge in [-0.3, -0.25) is 0 Å². The van der Waals surface area contributed by atoms with Gasteiger partial charge in [-0.2, -0.15) is 0 Å². The fourth-order valence-corrected chi connectivity index (χ4v) is 1.62. The number of hydrogen-bond donors (Lipinski definition) is 0. The molecule has 1 aromatic carbocycles. The minimum absolute atomic E-state index is 0.422. The summed E-state index contributed by atoms with van der Waals surface area (Å²) in [5, 5.41) is 0. The van der Waals surface area contributed by atoms with E-state index in [2.05, 4.69) is 20.4 Å². The Bertz CT molecular complexity index is 352. The Balaban J connectivity index is 2.67. The third kappa shape index (κ3) is 3.54. The van der Waals surface area contributed by atoms with E-state index in [1.54, 1.807) is 0 Å². The zero-order valence-corrected chi connectivity index (χ0v) is 9.90. The summed E-state index contributed by atoms with van der Waals surface area (Å²) < 4.78 is 5.00. The number of hydrogen-bond acceptors (Lipinski definition) is 2. The largest absolute Gasteiger partial charge is 0.423 e. The maximum atomic E-state index is 11.0. The van der Waals surface area contributed by atoms with E-state index in [1.165, 1.54) is 18.4 Å². The Hall–Kier alpha value is -1.57. The van der Waals surface area contributed by atoms with Crippen molar-refractivity contribution in [3.8, 4) is 5.75 Å². The standard InChI is InChI=1S/C14H18O2/c1-4-6-11(3)12-7-9-13(10-8-12)16-14(15)5-2/h5,7-11H,2,4,6H2,1,3H3. The van der Waals surface area contributed by atoms with Gasteiger partial charge in [0, 0.05) is 6.08 Å². The molecular weight excluding hydrogens is 200 g/mol. The van der Waals surface area contributed by atoms with Crippen molar-refractivity contribution in [2.45, 2.75) is 32.6 Å². The number of rotatable bonds is 5. The summed E-state index contributed by atoms with van der Waals surface area (Å²) in [5.41, 5.74) is 1.28.